The predicted molar refractivity (Wildman–Crippen MR) is 85.9 cm³/mol. The number of hydrogen-bond acceptors (Lipinski definition) is 2. The lowest BCUT2D eigenvalue weighted by Crippen LogP contribution is -2.47. The Morgan fingerprint density at radius 3 is 2.19 bits per heavy atom. The van der Waals surface area contributed by atoms with E-state index < -0.39 is 0 Å². The van der Waals surface area contributed by atoms with E-state index in [-0.39, 0.29) is 17.9 Å². The van der Waals surface area contributed by atoms with Crippen LogP contribution in [0.1, 0.15) is 65.7 Å². The fourth-order valence-corrected chi connectivity index (χ4v) is 4.12. The summed E-state index contributed by atoms with van der Waals surface area (Å²) < 4.78 is 0. The summed E-state index contributed by atoms with van der Waals surface area (Å²) >= 11 is 0. The van der Waals surface area contributed by atoms with Gasteiger partial charge in [0.1, 0.15) is 0 Å². The van der Waals surface area contributed by atoms with Crippen molar-refractivity contribution >= 4 is 5.91 Å². The van der Waals surface area contributed by atoms with E-state index in [0.29, 0.717) is 5.91 Å². The average Bonchev–Trinajstić information content (AvgIpc) is 2.54. The molecule has 3 heteroatoms. The zero-order valence-corrected chi connectivity index (χ0v) is 14.1. The van der Waals surface area contributed by atoms with Crippen LogP contribution in [0, 0.1) is 23.2 Å². The van der Waals surface area contributed by atoms with Crippen LogP contribution in [0.4, 0.5) is 0 Å². The monoisotopic (exact) mass is 295 g/mol. The van der Waals surface area contributed by atoms with Crippen molar-refractivity contribution in [3.8, 4) is 0 Å². The number of amides is 1. The van der Waals surface area contributed by atoms with E-state index >= 15 is 0 Å². The van der Waals surface area contributed by atoms with Gasteiger partial charge in [0.2, 0.25) is 5.91 Å². The van der Waals surface area contributed by atoms with Crippen molar-refractivity contribution in [2.24, 2.45) is 23.2 Å². The van der Waals surface area contributed by atoms with E-state index in [0.717, 1.165) is 57.0 Å². The summed E-state index contributed by atoms with van der Waals surface area (Å²) in [6.07, 6.45) is 7.55. The van der Waals surface area contributed by atoms with Gasteiger partial charge < -0.3 is 10.0 Å². The van der Waals surface area contributed by atoms with E-state index in [1.54, 1.807) is 0 Å². The first-order valence-corrected chi connectivity index (χ1v) is 8.91. The lowest BCUT2D eigenvalue weighted by molar-refractivity contribution is -0.140. The molecule has 0 bridgehead atoms. The molecule has 1 saturated carbocycles. The number of likely N-dealkylation sites (tertiary alicyclic amines) is 1. The van der Waals surface area contributed by atoms with Gasteiger partial charge in [-0.2, -0.15) is 0 Å². The Labute approximate surface area is 130 Å². The van der Waals surface area contributed by atoms with Crippen molar-refractivity contribution in [1.82, 2.24) is 4.90 Å². The molecule has 1 N–H and O–H groups in total. The molecule has 2 fully saturated rings. The highest BCUT2D eigenvalue weighted by molar-refractivity contribution is 5.79. The standard InChI is InChI=1S/C18H33NO2/c1-4-18(13-20)9-11-19(12-10-18)17(21)16-7-5-15(6-8-16)14(2)3/h14-16,20H,4-13H2,1-3H3. The van der Waals surface area contributed by atoms with Gasteiger partial charge in [-0.25, -0.2) is 0 Å². The Bertz CT molecular complexity index is 331. The predicted octanol–water partition coefficient (Wildman–Crippen LogP) is 3.46. The van der Waals surface area contributed by atoms with Crippen molar-refractivity contribution < 1.29 is 9.90 Å². The molecule has 1 heterocycles. The average molecular weight is 295 g/mol. The third-order valence-corrected chi connectivity index (χ3v) is 6.29. The van der Waals surface area contributed by atoms with Crippen LogP contribution in [0.3, 0.4) is 0 Å². The van der Waals surface area contributed by atoms with E-state index in [9.17, 15) is 9.90 Å². The Morgan fingerprint density at radius 2 is 1.76 bits per heavy atom. The Balaban J connectivity index is 1.83. The highest BCUT2D eigenvalue weighted by Crippen LogP contribution is 2.37. The topological polar surface area (TPSA) is 40.5 Å². The number of rotatable bonds is 4. The van der Waals surface area contributed by atoms with Crippen LogP contribution in [0.25, 0.3) is 0 Å². The molecule has 2 rings (SSSR count). The number of piperidine rings is 1. The molecule has 1 aliphatic heterocycles. The molecule has 0 unspecified atom stereocenters. The third kappa shape index (κ3) is 3.80. The Morgan fingerprint density at radius 1 is 1.19 bits per heavy atom. The number of hydrogen-bond donors (Lipinski definition) is 1. The van der Waals surface area contributed by atoms with Gasteiger partial charge in [-0.1, -0.05) is 20.8 Å². The molecule has 3 nitrogen and oxygen atoms in total. The third-order valence-electron chi connectivity index (χ3n) is 6.29. The summed E-state index contributed by atoms with van der Waals surface area (Å²) in [6, 6.07) is 0. The highest BCUT2D eigenvalue weighted by atomic mass is 16.3. The van der Waals surface area contributed by atoms with Crippen LogP contribution in [0.15, 0.2) is 0 Å². The second-order valence-corrected chi connectivity index (χ2v) is 7.69. The fourth-order valence-electron chi connectivity index (χ4n) is 4.12. The van der Waals surface area contributed by atoms with E-state index in [2.05, 4.69) is 25.7 Å². The summed E-state index contributed by atoms with van der Waals surface area (Å²) in [5, 5.41) is 9.59. The molecule has 0 aromatic heterocycles. The lowest BCUT2D eigenvalue weighted by Gasteiger charge is -2.42. The molecule has 1 saturated heterocycles. The van der Waals surface area contributed by atoms with Gasteiger partial charge in [0.15, 0.2) is 0 Å². The maximum Gasteiger partial charge on any atom is 0.225 e. The fraction of sp³-hybridized carbons (Fsp3) is 0.944. The molecule has 2 aliphatic rings. The second-order valence-electron chi connectivity index (χ2n) is 7.69. The summed E-state index contributed by atoms with van der Waals surface area (Å²) in [5.41, 5.74) is 0.0755. The summed E-state index contributed by atoms with van der Waals surface area (Å²) in [6.45, 7) is 8.72. The zero-order chi connectivity index (χ0) is 15.5. The quantitative estimate of drug-likeness (QED) is 0.863. The van der Waals surface area contributed by atoms with Crippen molar-refractivity contribution in [3.63, 3.8) is 0 Å². The van der Waals surface area contributed by atoms with Crippen molar-refractivity contribution in [3.05, 3.63) is 0 Å². The molecule has 0 aromatic rings. The van der Waals surface area contributed by atoms with Gasteiger partial charge >= 0.3 is 0 Å². The van der Waals surface area contributed by atoms with Crippen LogP contribution in [-0.4, -0.2) is 35.6 Å². The summed E-state index contributed by atoms with van der Waals surface area (Å²) in [7, 11) is 0. The number of carbonyl (C=O) groups excluding carboxylic acids is 1. The molecule has 21 heavy (non-hydrogen) atoms. The van der Waals surface area contributed by atoms with Crippen LogP contribution >= 0.6 is 0 Å². The van der Waals surface area contributed by atoms with Crippen molar-refractivity contribution in [1.29, 1.82) is 0 Å². The molecule has 1 aliphatic carbocycles. The maximum atomic E-state index is 12.7. The van der Waals surface area contributed by atoms with E-state index in [4.69, 9.17) is 0 Å². The van der Waals surface area contributed by atoms with Gasteiger partial charge in [0, 0.05) is 25.6 Å². The van der Waals surface area contributed by atoms with E-state index in [1.807, 2.05) is 0 Å². The molecule has 0 spiro atoms. The SMILES string of the molecule is CCC1(CO)CCN(C(=O)C2CCC(C(C)C)CC2)CC1. The van der Waals surface area contributed by atoms with Gasteiger partial charge in [0.05, 0.1) is 0 Å². The minimum absolute atomic E-state index is 0.0755. The summed E-state index contributed by atoms with van der Waals surface area (Å²) in [5.74, 6) is 2.23. The number of carbonyl (C=O) groups is 1. The first kappa shape index (κ1) is 16.8. The molecule has 0 radical (unpaired) electrons. The largest absolute Gasteiger partial charge is 0.396 e. The first-order chi connectivity index (χ1) is 10.0. The van der Waals surface area contributed by atoms with Gasteiger partial charge in [-0.05, 0) is 62.2 Å². The molecule has 122 valence electrons. The normalized spacial score (nSPS) is 29.7. The van der Waals surface area contributed by atoms with Crippen molar-refractivity contribution in [2.45, 2.75) is 65.7 Å². The maximum absolute atomic E-state index is 12.7. The molecule has 1 amide bonds. The number of nitrogens with zero attached hydrogens (tertiary/aromatic N) is 1. The summed E-state index contributed by atoms with van der Waals surface area (Å²) in [4.78, 5) is 14.8. The van der Waals surface area contributed by atoms with Crippen LogP contribution < -0.4 is 0 Å². The number of aliphatic hydroxyl groups excluding tert-OH is 1. The van der Waals surface area contributed by atoms with Gasteiger partial charge in [0.25, 0.3) is 0 Å². The minimum atomic E-state index is 0.0755. The smallest absolute Gasteiger partial charge is 0.225 e. The Hall–Kier alpha value is -0.570. The molecule has 0 atom stereocenters. The molecule has 0 aromatic carbocycles. The van der Waals surface area contributed by atoms with Crippen LogP contribution in [0.5, 0.6) is 0 Å². The van der Waals surface area contributed by atoms with E-state index in [1.165, 1.54) is 12.8 Å². The number of aliphatic hydroxyl groups is 1. The lowest BCUT2D eigenvalue weighted by atomic mass is 9.75. The van der Waals surface area contributed by atoms with Gasteiger partial charge in [-0.3, -0.25) is 4.79 Å². The first-order valence-electron chi connectivity index (χ1n) is 8.91. The Kier molecular flexibility index (Phi) is 5.70. The van der Waals surface area contributed by atoms with Gasteiger partial charge in [-0.15, -0.1) is 0 Å². The second kappa shape index (κ2) is 7.13. The van der Waals surface area contributed by atoms with Crippen LogP contribution in [-0.2, 0) is 4.79 Å². The molecular weight excluding hydrogens is 262 g/mol. The highest BCUT2D eigenvalue weighted by Gasteiger charge is 2.36. The van der Waals surface area contributed by atoms with Crippen LogP contribution in [0.2, 0.25) is 0 Å². The molecular formula is C18H33NO2. The minimum Gasteiger partial charge on any atom is -0.396 e. The zero-order valence-electron chi connectivity index (χ0n) is 14.1. The van der Waals surface area contributed by atoms with Crippen molar-refractivity contribution in [2.75, 3.05) is 19.7 Å².